The molecule has 3 aromatic heterocycles. The first-order valence-corrected chi connectivity index (χ1v) is 7.02. The summed E-state index contributed by atoms with van der Waals surface area (Å²) in [7, 11) is 0. The molecule has 3 rings (SSSR count). The molecule has 0 saturated heterocycles. The van der Waals surface area contributed by atoms with E-state index in [0.29, 0.717) is 5.92 Å². The molecule has 100 valence electrons. The highest BCUT2D eigenvalue weighted by atomic mass is 15.3. The minimum absolute atomic E-state index is 0.477. The molecule has 0 fully saturated rings. The fraction of sp³-hybridized carbons (Fsp3) is 0.500. The Morgan fingerprint density at radius 1 is 1.21 bits per heavy atom. The molecule has 19 heavy (non-hydrogen) atoms. The van der Waals surface area contributed by atoms with Crippen LogP contribution in [0.1, 0.15) is 51.3 Å². The molecule has 0 bridgehead atoms. The number of nitrogens with zero attached hydrogens (tertiary/aromatic N) is 4. The SMILES string of the molecule is CCCC(CCC)c1nnc2cnc3[nH]ccc3n12. The molecule has 0 spiro atoms. The maximum atomic E-state index is 4.42. The lowest BCUT2D eigenvalue weighted by molar-refractivity contribution is 0.531. The number of aromatic amines is 1. The van der Waals surface area contributed by atoms with Gasteiger partial charge in [-0.25, -0.2) is 4.98 Å². The number of hydrogen-bond acceptors (Lipinski definition) is 3. The molecular weight excluding hydrogens is 238 g/mol. The molecule has 0 aliphatic carbocycles. The van der Waals surface area contributed by atoms with Gasteiger partial charge in [-0.2, -0.15) is 0 Å². The molecule has 3 aromatic rings. The number of fused-ring (bicyclic) bond motifs is 3. The minimum Gasteiger partial charge on any atom is -0.345 e. The van der Waals surface area contributed by atoms with Gasteiger partial charge in [0.05, 0.1) is 11.7 Å². The van der Waals surface area contributed by atoms with E-state index in [1.165, 1.54) is 12.8 Å². The zero-order valence-corrected chi connectivity index (χ0v) is 11.4. The molecule has 5 nitrogen and oxygen atoms in total. The second-order valence-corrected chi connectivity index (χ2v) is 5.00. The summed E-state index contributed by atoms with van der Waals surface area (Å²) < 4.78 is 2.15. The van der Waals surface area contributed by atoms with Crippen LogP contribution in [0.2, 0.25) is 0 Å². The number of aromatic nitrogens is 5. The Labute approximate surface area is 112 Å². The first kappa shape index (κ1) is 12.1. The van der Waals surface area contributed by atoms with Crippen molar-refractivity contribution in [2.45, 2.75) is 45.4 Å². The van der Waals surface area contributed by atoms with E-state index in [9.17, 15) is 0 Å². The normalized spacial score (nSPS) is 11.9. The van der Waals surface area contributed by atoms with Gasteiger partial charge in [0.2, 0.25) is 0 Å². The lowest BCUT2D eigenvalue weighted by atomic mass is 9.97. The van der Waals surface area contributed by atoms with Crippen LogP contribution >= 0.6 is 0 Å². The maximum Gasteiger partial charge on any atom is 0.179 e. The van der Waals surface area contributed by atoms with Gasteiger partial charge in [-0.15, -0.1) is 10.2 Å². The van der Waals surface area contributed by atoms with Crippen molar-refractivity contribution in [2.24, 2.45) is 0 Å². The van der Waals surface area contributed by atoms with E-state index in [1.807, 2.05) is 12.3 Å². The van der Waals surface area contributed by atoms with Crippen molar-refractivity contribution in [1.82, 2.24) is 24.6 Å². The molecule has 0 unspecified atom stereocenters. The Morgan fingerprint density at radius 2 is 2.00 bits per heavy atom. The van der Waals surface area contributed by atoms with Crippen molar-refractivity contribution in [3.8, 4) is 0 Å². The predicted molar refractivity (Wildman–Crippen MR) is 75.2 cm³/mol. The average molecular weight is 257 g/mol. The van der Waals surface area contributed by atoms with Gasteiger partial charge in [0, 0.05) is 12.1 Å². The van der Waals surface area contributed by atoms with Gasteiger partial charge in [0.1, 0.15) is 5.82 Å². The van der Waals surface area contributed by atoms with Crippen molar-refractivity contribution in [2.75, 3.05) is 0 Å². The summed E-state index contributed by atoms with van der Waals surface area (Å²) in [6, 6.07) is 2.04. The lowest BCUT2D eigenvalue weighted by Gasteiger charge is -2.13. The van der Waals surface area contributed by atoms with Gasteiger partial charge in [-0.3, -0.25) is 4.40 Å². The van der Waals surface area contributed by atoms with Crippen molar-refractivity contribution in [3.05, 3.63) is 24.3 Å². The third-order valence-electron chi connectivity index (χ3n) is 3.61. The van der Waals surface area contributed by atoms with Crippen LogP contribution in [0.4, 0.5) is 0 Å². The summed E-state index contributed by atoms with van der Waals surface area (Å²) in [5.41, 5.74) is 2.79. The molecule has 0 saturated carbocycles. The van der Waals surface area contributed by atoms with E-state index < -0.39 is 0 Å². The van der Waals surface area contributed by atoms with Crippen LogP contribution in [0.25, 0.3) is 16.8 Å². The zero-order valence-electron chi connectivity index (χ0n) is 11.4. The molecule has 0 amide bonds. The monoisotopic (exact) mass is 257 g/mol. The predicted octanol–water partition coefficient (Wildman–Crippen LogP) is 3.29. The Balaban J connectivity index is 2.19. The highest BCUT2D eigenvalue weighted by Crippen LogP contribution is 2.27. The maximum absolute atomic E-state index is 4.42. The van der Waals surface area contributed by atoms with Crippen molar-refractivity contribution in [1.29, 1.82) is 0 Å². The molecule has 0 atom stereocenters. The van der Waals surface area contributed by atoms with Crippen LogP contribution in [0.5, 0.6) is 0 Å². The van der Waals surface area contributed by atoms with Gasteiger partial charge in [0.15, 0.2) is 11.3 Å². The average Bonchev–Trinajstić information content (AvgIpc) is 3.04. The third kappa shape index (κ3) is 1.99. The quantitative estimate of drug-likeness (QED) is 0.763. The third-order valence-corrected chi connectivity index (χ3v) is 3.61. The van der Waals surface area contributed by atoms with Crippen LogP contribution in [-0.4, -0.2) is 24.6 Å². The fourth-order valence-electron chi connectivity index (χ4n) is 2.76. The number of rotatable bonds is 5. The lowest BCUT2D eigenvalue weighted by Crippen LogP contribution is -2.05. The van der Waals surface area contributed by atoms with Crippen LogP contribution in [0, 0.1) is 0 Å². The second-order valence-electron chi connectivity index (χ2n) is 5.00. The largest absolute Gasteiger partial charge is 0.345 e. The highest BCUT2D eigenvalue weighted by Gasteiger charge is 2.18. The Morgan fingerprint density at radius 3 is 2.74 bits per heavy atom. The number of nitrogens with one attached hydrogen (secondary N) is 1. The first-order valence-electron chi connectivity index (χ1n) is 7.02. The molecule has 5 heteroatoms. The van der Waals surface area contributed by atoms with Gasteiger partial charge in [0.25, 0.3) is 0 Å². The molecular formula is C14H19N5. The summed E-state index contributed by atoms with van der Waals surface area (Å²) in [6.45, 7) is 4.44. The first-order chi connectivity index (χ1) is 9.35. The Hall–Kier alpha value is -1.91. The smallest absolute Gasteiger partial charge is 0.179 e. The van der Waals surface area contributed by atoms with Crippen LogP contribution in [0.15, 0.2) is 18.5 Å². The molecule has 0 aromatic carbocycles. The fourth-order valence-corrected chi connectivity index (χ4v) is 2.76. The molecule has 0 aliphatic heterocycles. The molecule has 0 aliphatic rings. The van der Waals surface area contributed by atoms with Crippen LogP contribution < -0.4 is 0 Å². The summed E-state index contributed by atoms with van der Waals surface area (Å²) in [5, 5.41) is 8.69. The van der Waals surface area contributed by atoms with E-state index in [4.69, 9.17) is 0 Å². The number of H-pyrrole nitrogens is 1. The summed E-state index contributed by atoms with van der Waals surface area (Å²) >= 11 is 0. The van der Waals surface area contributed by atoms with Crippen molar-refractivity contribution < 1.29 is 0 Å². The molecule has 1 N–H and O–H groups in total. The van der Waals surface area contributed by atoms with E-state index in [0.717, 1.165) is 35.5 Å². The second kappa shape index (κ2) is 4.99. The van der Waals surface area contributed by atoms with E-state index in [1.54, 1.807) is 6.20 Å². The summed E-state index contributed by atoms with van der Waals surface area (Å²) in [6.07, 6.45) is 8.34. The highest BCUT2D eigenvalue weighted by molar-refractivity contribution is 5.74. The summed E-state index contributed by atoms with van der Waals surface area (Å²) in [4.78, 5) is 7.50. The Kier molecular flexibility index (Phi) is 3.19. The van der Waals surface area contributed by atoms with Gasteiger partial charge in [-0.1, -0.05) is 26.7 Å². The zero-order chi connectivity index (χ0) is 13.2. The van der Waals surface area contributed by atoms with Crippen LogP contribution in [-0.2, 0) is 0 Å². The van der Waals surface area contributed by atoms with E-state index in [-0.39, 0.29) is 0 Å². The van der Waals surface area contributed by atoms with Crippen molar-refractivity contribution in [3.63, 3.8) is 0 Å². The van der Waals surface area contributed by atoms with Crippen molar-refractivity contribution >= 4 is 16.8 Å². The minimum atomic E-state index is 0.477. The number of hydrogen-bond donors (Lipinski definition) is 1. The van der Waals surface area contributed by atoms with Gasteiger partial charge in [-0.05, 0) is 18.9 Å². The van der Waals surface area contributed by atoms with Gasteiger partial charge < -0.3 is 4.98 Å². The topological polar surface area (TPSA) is 58.9 Å². The standard InChI is InChI=1S/C14H19N5/c1-3-5-10(6-4-2)14-18-17-12-9-16-13-11(19(12)14)7-8-15-13/h7-10,15H,3-6H2,1-2H3. The van der Waals surface area contributed by atoms with E-state index >= 15 is 0 Å². The van der Waals surface area contributed by atoms with E-state index in [2.05, 4.69) is 38.4 Å². The molecule has 0 radical (unpaired) electrons. The van der Waals surface area contributed by atoms with Crippen LogP contribution in [0.3, 0.4) is 0 Å². The van der Waals surface area contributed by atoms with Gasteiger partial charge >= 0.3 is 0 Å². The summed E-state index contributed by atoms with van der Waals surface area (Å²) in [5.74, 6) is 1.55. The Bertz CT molecular complexity index is 675. The molecule has 3 heterocycles.